The second-order valence-electron chi connectivity index (χ2n) is 15.2. The molecular weight excluding hydrogens is 735 g/mol. The molecule has 0 atom stereocenters. The number of rotatable bonds is 6. The van der Waals surface area contributed by atoms with Crippen LogP contribution in [0.3, 0.4) is 0 Å². The number of thiophene rings is 1. The van der Waals surface area contributed by atoms with Crippen molar-refractivity contribution in [2.45, 2.75) is 0 Å². The summed E-state index contributed by atoms with van der Waals surface area (Å²) in [6, 6.07) is 76.9. The van der Waals surface area contributed by atoms with Crippen molar-refractivity contribution in [1.82, 2.24) is 0 Å². The molecule has 0 spiro atoms. The van der Waals surface area contributed by atoms with Crippen LogP contribution in [0.5, 0.6) is 0 Å². The van der Waals surface area contributed by atoms with Gasteiger partial charge in [0.1, 0.15) is 11.2 Å². The largest absolute Gasteiger partial charge is 0.455 e. The lowest BCUT2D eigenvalue weighted by atomic mass is 9.94. The molecule has 12 aromatic rings. The highest BCUT2D eigenvalue weighted by Crippen LogP contribution is 2.50. The van der Waals surface area contributed by atoms with E-state index in [1.807, 2.05) is 11.3 Å². The van der Waals surface area contributed by atoms with Crippen LogP contribution in [-0.2, 0) is 0 Å². The zero-order chi connectivity index (χ0) is 38.9. The Hall–Kier alpha value is -7.46. The number of para-hydroxylation sites is 1. The van der Waals surface area contributed by atoms with E-state index in [0.717, 1.165) is 50.1 Å². The molecule has 10 aromatic carbocycles. The van der Waals surface area contributed by atoms with Crippen LogP contribution in [-0.4, -0.2) is 0 Å². The van der Waals surface area contributed by atoms with Gasteiger partial charge in [-0.3, -0.25) is 0 Å². The van der Waals surface area contributed by atoms with Gasteiger partial charge < -0.3 is 9.32 Å². The topological polar surface area (TPSA) is 16.4 Å². The molecule has 0 saturated carbocycles. The fourth-order valence-corrected chi connectivity index (χ4v) is 10.2. The summed E-state index contributed by atoms with van der Waals surface area (Å²) in [7, 11) is 0. The average Bonchev–Trinajstić information content (AvgIpc) is 3.89. The van der Waals surface area contributed by atoms with E-state index in [-0.39, 0.29) is 0 Å². The summed E-state index contributed by atoms with van der Waals surface area (Å²) in [5, 5.41) is 9.64. The Morgan fingerprint density at radius 2 is 1.07 bits per heavy atom. The van der Waals surface area contributed by atoms with Crippen LogP contribution in [0.2, 0.25) is 0 Å². The Kier molecular flexibility index (Phi) is 7.75. The molecule has 276 valence electrons. The van der Waals surface area contributed by atoms with Gasteiger partial charge in [0.05, 0.1) is 21.5 Å². The van der Waals surface area contributed by atoms with E-state index in [9.17, 15) is 0 Å². The van der Waals surface area contributed by atoms with Crippen molar-refractivity contribution in [3.05, 3.63) is 212 Å². The molecule has 0 fully saturated rings. The SMILES string of the molecule is c1ccc(-c2cccc3ccc(-c4ccc(N(c5cccc6c5sc5ccccc56)c5ccc(-c6ccc7ccccc7c6)c6oc7ccccc7c56)cc4)cc23)cc1. The van der Waals surface area contributed by atoms with E-state index in [0.29, 0.717) is 0 Å². The number of fused-ring (bicyclic) bond motifs is 8. The van der Waals surface area contributed by atoms with Gasteiger partial charge in [-0.05, 0) is 104 Å². The fraction of sp³-hybridized carbons (Fsp3) is 0. The first-order chi connectivity index (χ1) is 29.2. The van der Waals surface area contributed by atoms with Gasteiger partial charge in [-0.15, -0.1) is 11.3 Å². The van der Waals surface area contributed by atoms with Crippen LogP contribution in [0, 0.1) is 0 Å². The summed E-state index contributed by atoms with van der Waals surface area (Å²) in [6.45, 7) is 0. The summed E-state index contributed by atoms with van der Waals surface area (Å²) in [6.07, 6.45) is 0. The van der Waals surface area contributed by atoms with Crippen molar-refractivity contribution in [3.8, 4) is 33.4 Å². The zero-order valence-corrected chi connectivity index (χ0v) is 32.8. The monoisotopic (exact) mass is 769 g/mol. The quantitative estimate of drug-likeness (QED) is 0.167. The van der Waals surface area contributed by atoms with E-state index in [2.05, 4.69) is 217 Å². The van der Waals surface area contributed by atoms with Crippen molar-refractivity contribution in [2.24, 2.45) is 0 Å². The van der Waals surface area contributed by atoms with Crippen LogP contribution in [0.15, 0.2) is 217 Å². The van der Waals surface area contributed by atoms with E-state index in [4.69, 9.17) is 4.42 Å². The maximum Gasteiger partial charge on any atom is 0.145 e. The number of benzene rings is 10. The summed E-state index contributed by atoms with van der Waals surface area (Å²) < 4.78 is 9.41. The highest BCUT2D eigenvalue weighted by Gasteiger charge is 2.24. The smallest absolute Gasteiger partial charge is 0.145 e. The molecule has 0 aliphatic heterocycles. The minimum atomic E-state index is 0.874. The highest BCUT2D eigenvalue weighted by molar-refractivity contribution is 7.26. The average molecular weight is 770 g/mol. The number of nitrogens with zero attached hydrogens (tertiary/aromatic N) is 1. The molecule has 2 nitrogen and oxygen atoms in total. The predicted octanol–water partition coefficient (Wildman–Crippen LogP) is 16.7. The van der Waals surface area contributed by atoms with E-state index >= 15 is 0 Å². The van der Waals surface area contributed by atoms with Crippen molar-refractivity contribution in [1.29, 1.82) is 0 Å². The highest BCUT2D eigenvalue weighted by atomic mass is 32.1. The molecule has 0 aliphatic carbocycles. The summed E-state index contributed by atoms with van der Waals surface area (Å²) in [5.74, 6) is 0. The normalized spacial score (nSPS) is 11.7. The van der Waals surface area contributed by atoms with Crippen LogP contribution in [0.4, 0.5) is 17.1 Å². The Morgan fingerprint density at radius 3 is 1.97 bits per heavy atom. The number of hydrogen-bond acceptors (Lipinski definition) is 3. The van der Waals surface area contributed by atoms with Crippen molar-refractivity contribution in [2.75, 3.05) is 4.90 Å². The van der Waals surface area contributed by atoms with Gasteiger partial charge in [-0.2, -0.15) is 0 Å². The molecule has 0 saturated heterocycles. The van der Waals surface area contributed by atoms with Crippen LogP contribution >= 0.6 is 11.3 Å². The third kappa shape index (κ3) is 5.55. The Labute approximate surface area is 345 Å². The predicted molar refractivity (Wildman–Crippen MR) is 253 cm³/mol. The fourth-order valence-electron chi connectivity index (χ4n) is 9.02. The summed E-state index contributed by atoms with van der Waals surface area (Å²) >= 11 is 1.85. The maximum absolute atomic E-state index is 6.88. The molecule has 0 unspecified atom stereocenters. The van der Waals surface area contributed by atoms with Gasteiger partial charge in [-0.25, -0.2) is 0 Å². The van der Waals surface area contributed by atoms with E-state index < -0.39 is 0 Å². The molecular formula is C56H35NOS. The van der Waals surface area contributed by atoms with Gasteiger partial charge in [0.25, 0.3) is 0 Å². The summed E-state index contributed by atoms with van der Waals surface area (Å²) in [4.78, 5) is 2.45. The first-order valence-corrected chi connectivity index (χ1v) is 20.9. The molecule has 0 aliphatic rings. The third-order valence-corrected chi connectivity index (χ3v) is 13.1. The van der Waals surface area contributed by atoms with Crippen LogP contribution < -0.4 is 4.90 Å². The second kappa shape index (κ2) is 13.6. The minimum absolute atomic E-state index is 0.874. The van der Waals surface area contributed by atoms with Crippen LogP contribution in [0.25, 0.3) is 97.0 Å². The lowest BCUT2D eigenvalue weighted by Crippen LogP contribution is -2.10. The van der Waals surface area contributed by atoms with Crippen LogP contribution in [0.1, 0.15) is 0 Å². The lowest BCUT2D eigenvalue weighted by Gasteiger charge is -2.27. The third-order valence-electron chi connectivity index (χ3n) is 11.9. The van der Waals surface area contributed by atoms with Crippen molar-refractivity contribution >= 4 is 92.1 Å². The molecule has 12 rings (SSSR count). The van der Waals surface area contributed by atoms with Gasteiger partial charge in [0, 0.05) is 32.1 Å². The molecule has 0 bridgehead atoms. The first-order valence-electron chi connectivity index (χ1n) is 20.1. The number of hydrogen-bond donors (Lipinski definition) is 0. The maximum atomic E-state index is 6.88. The minimum Gasteiger partial charge on any atom is -0.455 e. The molecule has 0 N–H and O–H groups in total. The van der Waals surface area contributed by atoms with Gasteiger partial charge in [0.2, 0.25) is 0 Å². The van der Waals surface area contributed by atoms with E-state index in [1.165, 1.54) is 64.0 Å². The lowest BCUT2D eigenvalue weighted by molar-refractivity contribution is 0.670. The Bertz CT molecular complexity index is 3560. The molecule has 3 heteroatoms. The molecule has 2 heterocycles. The van der Waals surface area contributed by atoms with Gasteiger partial charge in [0.15, 0.2) is 0 Å². The zero-order valence-electron chi connectivity index (χ0n) is 32.0. The molecule has 0 amide bonds. The number of anilines is 3. The van der Waals surface area contributed by atoms with Crippen molar-refractivity contribution in [3.63, 3.8) is 0 Å². The van der Waals surface area contributed by atoms with E-state index in [1.54, 1.807) is 0 Å². The molecule has 0 radical (unpaired) electrons. The van der Waals surface area contributed by atoms with Gasteiger partial charge in [-0.1, -0.05) is 158 Å². The van der Waals surface area contributed by atoms with Gasteiger partial charge >= 0.3 is 0 Å². The van der Waals surface area contributed by atoms with Crippen molar-refractivity contribution < 1.29 is 4.42 Å². The first kappa shape index (κ1) is 33.7. The Morgan fingerprint density at radius 1 is 0.373 bits per heavy atom. The Balaban J connectivity index is 1.07. The second-order valence-corrected chi connectivity index (χ2v) is 16.3. The standard InChI is InChI=1S/C56H35NOS/c1-2-13-38(14-3-1)44-19-10-16-39-25-26-41(35-49(39)44)37-28-30-43(31-29-37)57(51-21-11-20-47-46-17-7-9-23-53(46)59-56(47)51)50-33-32-45(42-27-24-36-12-4-5-15-40(36)34-42)55-54(50)48-18-6-8-22-52(48)58-55/h1-35H. The summed E-state index contributed by atoms with van der Waals surface area (Å²) in [5.41, 5.74) is 12.1. The molecule has 59 heavy (non-hydrogen) atoms. The molecule has 2 aromatic heterocycles. The number of furan rings is 1.